The number of aryl methyl sites for hydroxylation is 1. The van der Waals surface area contributed by atoms with Crippen molar-refractivity contribution in [3.05, 3.63) is 92.2 Å². The van der Waals surface area contributed by atoms with Gasteiger partial charge in [-0.25, -0.2) is 28.1 Å². The first-order valence-corrected chi connectivity index (χ1v) is 9.51. The summed E-state index contributed by atoms with van der Waals surface area (Å²) in [4.78, 5) is 50.4. The maximum Gasteiger partial charge on any atom is 0.337 e. The van der Waals surface area contributed by atoms with E-state index in [-0.39, 0.29) is 19.1 Å². The lowest BCUT2D eigenvalue weighted by Crippen LogP contribution is -2.55. The maximum atomic E-state index is 12.7. The molecule has 1 amide bonds. The minimum Gasteiger partial charge on any atom is -0.348 e. The molecule has 29 heavy (non-hydrogen) atoms. The van der Waals surface area contributed by atoms with E-state index in [9.17, 15) is 19.2 Å². The van der Waals surface area contributed by atoms with Gasteiger partial charge in [0.25, 0.3) is 0 Å². The summed E-state index contributed by atoms with van der Waals surface area (Å²) < 4.78 is 2.53. The Balaban J connectivity index is 1.92. The first-order valence-electron chi connectivity index (χ1n) is 9.51. The molecule has 0 saturated carbocycles. The second-order valence-electron chi connectivity index (χ2n) is 6.94. The molecule has 1 atom stereocenters. The molecule has 1 N–H and O–H groups in total. The molecular formula is C21H24N4O4. The van der Waals surface area contributed by atoms with Crippen LogP contribution in [-0.2, 0) is 30.8 Å². The molecule has 0 fully saturated rings. The van der Waals surface area contributed by atoms with Crippen LogP contribution in [0.15, 0.2) is 64.0 Å². The lowest BCUT2D eigenvalue weighted by molar-refractivity contribution is -0.122. The molecule has 0 radical (unpaired) electrons. The number of aromatic nitrogens is 3. The van der Waals surface area contributed by atoms with Crippen LogP contribution in [0.3, 0.4) is 0 Å². The summed E-state index contributed by atoms with van der Waals surface area (Å²) in [7, 11) is 0. The average molecular weight is 396 g/mol. The fourth-order valence-electron chi connectivity index (χ4n) is 3.68. The second kappa shape index (κ2) is 8.72. The zero-order valence-electron chi connectivity index (χ0n) is 16.2. The summed E-state index contributed by atoms with van der Waals surface area (Å²) in [5, 5.41) is 2.92. The van der Waals surface area contributed by atoms with Gasteiger partial charge in [0.05, 0.1) is 19.1 Å². The van der Waals surface area contributed by atoms with Crippen molar-refractivity contribution in [2.75, 3.05) is 0 Å². The van der Waals surface area contributed by atoms with Crippen LogP contribution in [0.4, 0.5) is 0 Å². The Bertz CT molecular complexity index is 1070. The quantitative estimate of drug-likeness (QED) is 0.699. The van der Waals surface area contributed by atoms with E-state index in [1.807, 2.05) is 24.3 Å². The molecule has 1 unspecified atom stereocenters. The Hall–Kier alpha value is -3.42. The highest BCUT2D eigenvalue weighted by molar-refractivity contribution is 5.76. The molecule has 1 aliphatic carbocycles. The second-order valence-corrected chi connectivity index (χ2v) is 6.94. The van der Waals surface area contributed by atoms with Gasteiger partial charge in [0.1, 0.15) is 6.54 Å². The van der Waals surface area contributed by atoms with E-state index in [2.05, 4.69) is 18.5 Å². The summed E-state index contributed by atoms with van der Waals surface area (Å²) >= 11 is 0. The number of hydrogen-bond acceptors (Lipinski definition) is 4. The van der Waals surface area contributed by atoms with Crippen molar-refractivity contribution in [2.24, 2.45) is 0 Å². The predicted molar refractivity (Wildman–Crippen MR) is 110 cm³/mol. The van der Waals surface area contributed by atoms with Crippen LogP contribution >= 0.6 is 0 Å². The van der Waals surface area contributed by atoms with Crippen LogP contribution in [-0.4, -0.2) is 19.6 Å². The van der Waals surface area contributed by atoms with E-state index in [1.54, 1.807) is 0 Å². The van der Waals surface area contributed by atoms with Gasteiger partial charge in [-0.15, -0.1) is 13.2 Å². The average Bonchev–Trinajstić information content (AvgIpc) is 2.72. The van der Waals surface area contributed by atoms with Gasteiger partial charge < -0.3 is 5.32 Å². The van der Waals surface area contributed by atoms with Gasteiger partial charge >= 0.3 is 17.1 Å². The number of hydrogen-bond donors (Lipinski definition) is 1. The van der Waals surface area contributed by atoms with Gasteiger partial charge in [-0.05, 0) is 30.4 Å². The summed E-state index contributed by atoms with van der Waals surface area (Å²) in [6.45, 7) is 6.47. The van der Waals surface area contributed by atoms with E-state index in [1.165, 1.54) is 17.7 Å². The zero-order chi connectivity index (χ0) is 21.0. The molecule has 0 saturated heterocycles. The highest BCUT2D eigenvalue weighted by Gasteiger charge is 2.23. The number of amides is 1. The van der Waals surface area contributed by atoms with Crippen molar-refractivity contribution in [2.45, 2.75) is 44.9 Å². The van der Waals surface area contributed by atoms with Crippen molar-refractivity contribution in [1.82, 2.24) is 19.0 Å². The van der Waals surface area contributed by atoms with Gasteiger partial charge in [-0.3, -0.25) is 4.79 Å². The number of nitrogens with zero attached hydrogens (tertiary/aromatic N) is 3. The third-order valence-electron chi connectivity index (χ3n) is 5.02. The molecule has 1 aromatic carbocycles. The standard InChI is InChI=1S/C21H24N4O4/c1-3-12-23-19(27)24(13-4-2)21(29)25(20(23)28)14-18(26)22-17-11-7-9-15-8-5-6-10-16(15)17/h3-6,8,10,17H,1-2,7,9,11-14H2,(H,22,26). The molecule has 1 aliphatic rings. The van der Waals surface area contributed by atoms with E-state index in [0.717, 1.165) is 38.5 Å². The van der Waals surface area contributed by atoms with E-state index in [4.69, 9.17) is 0 Å². The van der Waals surface area contributed by atoms with Crippen molar-refractivity contribution in [3.63, 3.8) is 0 Å². The van der Waals surface area contributed by atoms with Crippen molar-refractivity contribution in [3.8, 4) is 0 Å². The third-order valence-corrected chi connectivity index (χ3v) is 5.02. The van der Waals surface area contributed by atoms with Gasteiger partial charge in [0.2, 0.25) is 5.91 Å². The van der Waals surface area contributed by atoms with Crippen molar-refractivity contribution >= 4 is 5.91 Å². The van der Waals surface area contributed by atoms with Crippen LogP contribution in [0.2, 0.25) is 0 Å². The van der Waals surface area contributed by atoms with E-state index >= 15 is 0 Å². The van der Waals surface area contributed by atoms with Gasteiger partial charge in [0, 0.05) is 0 Å². The van der Waals surface area contributed by atoms with Crippen LogP contribution < -0.4 is 22.4 Å². The summed E-state index contributed by atoms with van der Waals surface area (Å²) in [5.41, 5.74) is -0.175. The molecule has 2 aromatic rings. The highest BCUT2D eigenvalue weighted by Crippen LogP contribution is 2.29. The Morgan fingerprint density at radius 2 is 1.59 bits per heavy atom. The molecular weight excluding hydrogens is 372 g/mol. The van der Waals surface area contributed by atoms with Crippen molar-refractivity contribution < 1.29 is 4.79 Å². The largest absolute Gasteiger partial charge is 0.348 e. The topological polar surface area (TPSA) is 95.1 Å². The molecule has 0 spiro atoms. The Morgan fingerprint density at radius 1 is 1.00 bits per heavy atom. The minimum atomic E-state index is -0.834. The zero-order valence-corrected chi connectivity index (χ0v) is 16.2. The van der Waals surface area contributed by atoms with E-state index in [0.29, 0.717) is 0 Å². The molecule has 8 heteroatoms. The van der Waals surface area contributed by atoms with E-state index < -0.39 is 29.5 Å². The fourth-order valence-corrected chi connectivity index (χ4v) is 3.68. The number of benzene rings is 1. The molecule has 8 nitrogen and oxygen atoms in total. The lowest BCUT2D eigenvalue weighted by Gasteiger charge is -2.26. The summed E-state index contributed by atoms with van der Waals surface area (Å²) in [6, 6.07) is 7.74. The highest BCUT2D eigenvalue weighted by atomic mass is 16.2. The third kappa shape index (κ3) is 4.06. The Morgan fingerprint density at radius 3 is 2.21 bits per heavy atom. The maximum absolute atomic E-state index is 12.7. The van der Waals surface area contributed by atoms with Crippen LogP contribution in [0, 0.1) is 0 Å². The molecule has 1 heterocycles. The van der Waals surface area contributed by atoms with Crippen LogP contribution in [0.1, 0.15) is 30.0 Å². The Kier molecular flexibility index (Phi) is 6.11. The summed E-state index contributed by atoms with van der Waals surface area (Å²) in [6.07, 6.45) is 5.46. The molecule has 1 aromatic heterocycles. The first-order chi connectivity index (χ1) is 14.0. The van der Waals surface area contributed by atoms with Gasteiger partial charge in [-0.1, -0.05) is 36.4 Å². The number of fused-ring (bicyclic) bond motifs is 1. The first kappa shape index (κ1) is 20.3. The Labute approximate surface area is 167 Å². The monoisotopic (exact) mass is 396 g/mol. The number of allylic oxidation sites excluding steroid dienone is 2. The van der Waals surface area contributed by atoms with Crippen molar-refractivity contribution in [1.29, 1.82) is 0 Å². The van der Waals surface area contributed by atoms with Gasteiger partial charge in [-0.2, -0.15) is 0 Å². The predicted octanol–water partition coefficient (Wildman–Crippen LogP) is 0.737. The normalized spacial score (nSPS) is 15.4. The molecule has 0 bridgehead atoms. The SMILES string of the molecule is C=CCn1c(=O)n(CC=C)c(=O)n(CC(=O)NC2CCCc3ccccc32)c1=O. The van der Waals surface area contributed by atoms with Gasteiger partial charge in [0.15, 0.2) is 0 Å². The lowest BCUT2D eigenvalue weighted by atomic mass is 9.88. The number of nitrogens with one attached hydrogen (secondary N) is 1. The number of carbonyl (C=O) groups is 1. The number of rotatable bonds is 7. The minimum absolute atomic E-state index is 0.0628. The summed E-state index contributed by atoms with van der Waals surface area (Å²) in [5.74, 6) is -0.458. The molecule has 0 aliphatic heterocycles. The molecule has 152 valence electrons. The fraction of sp³-hybridized carbons (Fsp3) is 0.333. The molecule has 3 rings (SSSR count). The smallest absolute Gasteiger partial charge is 0.337 e. The van der Waals surface area contributed by atoms with Crippen LogP contribution in [0.25, 0.3) is 0 Å². The van der Waals surface area contributed by atoms with Crippen LogP contribution in [0.5, 0.6) is 0 Å². The number of carbonyl (C=O) groups excluding carboxylic acids is 1.